The summed E-state index contributed by atoms with van der Waals surface area (Å²) in [6.07, 6.45) is 7.34. The number of sulfonamides is 1. The summed E-state index contributed by atoms with van der Waals surface area (Å²) in [7, 11) is -3.48. The van der Waals surface area contributed by atoms with Crippen LogP contribution in [0.4, 0.5) is 5.69 Å². The third-order valence-corrected chi connectivity index (χ3v) is 8.33. The topological polar surface area (TPSA) is 57.7 Å². The monoisotopic (exact) mass is 376 g/mol. The van der Waals surface area contributed by atoms with Crippen molar-refractivity contribution in [2.24, 2.45) is 5.92 Å². The molecule has 1 aromatic carbocycles. The van der Waals surface area contributed by atoms with E-state index in [9.17, 15) is 13.2 Å². The number of carbonyl (C=O) groups is 1. The Kier molecular flexibility index (Phi) is 4.59. The van der Waals surface area contributed by atoms with Crippen LogP contribution in [0.15, 0.2) is 23.1 Å². The molecule has 0 N–H and O–H groups in total. The van der Waals surface area contributed by atoms with Crippen molar-refractivity contribution in [2.75, 3.05) is 11.4 Å². The van der Waals surface area contributed by atoms with Crippen molar-refractivity contribution in [1.29, 1.82) is 0 Å². The number of hydrogen-bond donors (Lipinski definition) is 0. The average Bonchev–Trinajstić information content (AvgIpc) is 2.96. The van der Waals surface area contributed by atoms with Crippen molar-refractivity contribution < 1.29 is 13.2 Å². The van der Waals surface area contributed by atoms with Crippen LogP contribution in [0.1, 0.15) is 57.9 Å². The fraction of sp³-hybridized carbons (Fsp3) is 0.650. The Morgan fingerprint density at radius 3 is 2.62 bits per heavy atom. The van der Waals surface area contributed by atoms with E-state index in [2.05, 4.69) is 0 Å². The Labute approximate surface area is 156 Å². The van der Waals surface area contributed by atoms with Gasteiger partial charge in [-0.2, -0.15) is 4.31 Å². The molecule has 3 atom stereocenters. The number of nitrogens with zero attached hydrogens (tertiary/aromatic N) is 2. The van der Waals surface area contributed by atoms with Crippen LogP contribution in [0.5, 0.6) is 0 Å². The van der Waals surface area contributed by atoms with E-state index in [1.165, 1.54) is 6.42 Å². The van der Waals surface area contributed by atoms with Crippen LogP contribution >= 0.6 is 0 Å². The quantitative estimate of drug-likeness (QED) is 0.795. The lowest BCUT2D eigenvalue weighted by Gasteiger charge is -2.43. The molecule has 2 aliphatic heterocycles. The van der Waals surface area contributed by atoms with Crippen LogP contribution in [-0.4, -0.2) is 37.3 Å². The summed E-state index contributed by atoms with van der Waals surface area (Å²) in [6.45, 7) is 4.20. The Hall–Kier alpha value is -1.40. The van der Waals surface area contributed by atoms with Gasteiger partial charge in [-0.3, -0.25) is 4.79 Å². The first-order chi connectivity index (χ1) is 12.4. The summed E-state index contributed by atoms with van der Waals surface area (Å²) < 4.78 is 28.5. The molecule has 1 saturated carbocycles. The highest BCUT2D eigenvalue weighted by atomic mass is 32.2. The van der Waals surface area contributed by atoms with Gasteiger partial charge < -0.3 is 4.90 Å². The fourth-order valence-corrected chi connectivity index (χ4v) is 7.07. The van der Waals surface area contributed by atoms with E-state index >= 15 is 0 Å². The first-order valence-corrected chi connectivity index (χ1v) is 11.3. The van der Waals surface area contributed by atoms with Crippen molar-refractivity contribution in [1.82, 2.24) is 4.31 Å². The predicted octanol–water partition coefficient (Wildman–Crippen LogP) is 3.33. The molecule has 26 heavy (non-hydrogen) atoms. The molecule has 3 aliphatic rings. The van der Waals surface area contributed by atoms with E-state index in [1.807, 2.05) is 13.0 Å². The molecule has 1 aromatic rings. The third-order valence-electron chi connectivity index (χ3n) is 6.40. The average molecular weight is 377 g/mol. The Balaban J connectivity index is 1.67. The van der Waals surface area contributed by atoms with Crippen molar-refractivity contribution in [3.8, 4) is 0 Å². The summed E-state index contributed by atoms with van der Waals surface area (Å²) in [5, 5.41) is 0. The van der Waals surface area contributed by atoms with E-state index in [-0.39, 0.29) is 18.0 Å². The van der Waals surface area contributed by atoms with Gasteiger partial charge in [0, 0.05) is 31.2 Å². The third kappa shape index (κ3) is 2.87. The molecule has 0 radical (unpaired) electrons. The van der Waals surface area contributed by atoms with Gasteiger partial charge >= 0.3 is 0 Å². The van der Waals surface area contributed by atoms with Crippen molar-refractivity contribution in [3.63, 3.8) is 0 Å². The van der Waals surface area contributed by atoms with E-state index in [1.54, 1.807) is 28.3 Å². The number of fused-ring (bicyclic) bond motifs is 2. The standard InChI is InChI=1S/C20H28N2O3S/c1-14-12-17-13-18(9-10-20(17)22(14)15(2)23)26(24,25)21-11-5-7-16-6-3-4-8-19(16)21/h9-10,13-14,16,19H,3-8,11-12H2,1-2H3/t14-,16-,19-/m0/s1. The first kappa shape index (κ1) is 18.0. The Morgan fingerprint density at radius 1 is 1.12 bits per heavy atom. The maximum absolute atomic E-state index is 13.4. The van der Waals surface area contributed by atoms with Gasteiger partial charge in [0.25, 0.3) is 0 Å². The summed E-state index contributed by atoms with van der Waals surface area (Å²) in [6, 6.07) is 5.56. The molecule has 1 aliphatic carbocycles. The highest BCUT2D eigenvalue weighted by Gasteiger charge is 2.40. The molecule has 0 bridgehead atoms. The van der Waals surface area contributed by atoms with Crippen LogP contribution in [0, 0.1) is 5.92 Å². The van der Waals surface area contributed by atoms with E-state index in [0.29, 0.717) is 23.8 Å². The molecule has 0 aromatic heterocycles. The van der Waals surface area contributed by atoms with Crippen LogP contribution in [0.2, 0.25) is 0 Å². The highest BCUT2D eigenvalue weighted by Crippen LogP contribution is 2.39. The molecular weight excluding hydrogens is 348 g/mol. The SMILES string of the molecule is CC(=O)N1c2ccc(S(=O)(=O)N3CCC[C@@H]4CCCC[C@@H]43)cc2C[C@@H]1C. The lowest BCUT2D eigenvalue weighted by Crippen LogP contribution is -2.49. The maximum Gasteiger partial charge on any atom is 0.243 e. The normalized spacial score (nSPS) is 29.3. The molecular formula is C20H28N2O3S. The lowest BCUT2D eigenvalue weighted by molar-refractivity contribution is -0.116. The molecule has 0 spiro atoms. The van der Waals surface area contributed by atoms with Crippen molar-refractivity contribution in [2.45, 2.75) is 75.8 Å². The molecule has 6 heteroatoms. The Bertz CT molecular complexity index is 818. The number of hydrogen-bond acceptors (Lipinski definition) is 3. The van der Waals surface area contributed by atoms with Gasteiger partial charge in [0.05, 0.1) is 4.90 Å². The number of rotatable bonds is 2. The van der Waals surface area contributed by atoms with Crippen LogP contribution < -0.4 is 4.90 Å². The minimum atomic E-state index is -3.48. The minimum absolute atomic E-state index is 0.00735. The molecule has 1 saturated heterocycles. The van der Waals surface area contributed by atoms with E-state index in [4.69, 9.17) is 0 Å². The molecule has 4 rings (SSSR count). The molecule has 1 amide bonds. The minimum Gasteiger partial charge on any atom is -0.309 e. The maximum atomic E-state index is 13.4. The number of amides is 1. The zero-order valence-corrected chi connectivity index (χ0v) is 16.5. The predicted molar refractivity (Wildman–Crippen MR) is 102 cm³/mol. The van der Waals surface area contributed by atoms with Crippen LogP contribution in [0.25, 0.3) is 0 Å². The number of benzene rings is 1. The second kappa shape index (κ2) is 6.64. The molecule has 5 nitrogen and oxygen atoms in total. The molecule has 2 fully saturated rings. The fourth-order valence-electron chi connectivity index (χ4n) is 5.26. The Morgan fingerprint density at radius 2 is 1.85 bits per heavy atom. The van der Waals surface area contributed by atoms with E-state index in [0.717, 1.165) is 43.4 Å². The largest absolute Gasteiger partial charge is 0.309 e. The van der Waals surface area contributed by atoms with Gasteiger partial charge in [-0.1, -0.05) is 12.8 Å². The zero-order chi connectivity index (χ0) is 18.5. The summed E-state index contributed by atoms with van der Waals surface area (Å²) in [5.41, 5.74) is 1.82. The lowest BCUT2D eigenvalue weighted by atomic mass is 9.79. The summed E-state index contributed by atoms with van der Waals surface area (Å²) in [5.74, 6) is 0.530. The smallest absolute Gasteiger partial charge is 0.243 e. The summed E-state index contributed by atoms with van der Waals surface area (Å²) >= 11 is 0. The summed E-state index contributed by atoms with van der Waals surface area (Å²) in [4.78, 5) is 14.1. The molecule has 2 heterocycles. The zero-order valence-electron chi connectivity index (χ0n) is 15.6. The highest BCUT2D eigenvalue weighted by molar-refractivity contribution is 7.89. The second-order valence-corrected chi connectivity index (χ2v) is 9.99. The van der Waals surface area contributed by atoms with Crippen LogP contribution in [0.3, 0.4) is 0 Å². The van der Waals surface area contributed by atoms with Gasteiger partial charge in [-0.25, -0.2) is 8.42 Å². The van der Waals surface area contributed by atoms with Crippen molar-refractivity contribution >= 4 is 21.6 Å². The van der Waals surface area contributed by atoms with Crippen molar-refractivity contribution in [3.05, 3.63) is 23.8 Å². The first-order valence-electron chi connectivity index (χ1n) is 9.84. The van der Waals surface area contributed by atoms with Gasteiger partial charge in [0.1, 0.15) is 0 Å². The number of anilines is 1. The number of carbonyl (C=O) groups excluding carboxylic acids is 1. The van der Waals surface area contributed by atoms with E-state index < -0.39 is 10.0 Å². The molecule has 0 unspecified atom stereocenters. The molecule has 142 valence electrons. The van der Waals surface area contributed by atoms with Gasteiger partial charge in [-0.15, -0.1) is 0 Å². The van der Waals surface area contributed by atoms with Gasteiger partial charge in [0.15, 0.2) is 0 Å². The van der Waals surface area contributed by atoms with Gasteiger partial charge in [0.2, 0.25) is 15.9 Å². The van der Waals surface area contributed by atoms with Gasteiger partial charge in [-0.05, 0) is 68.7 Å². The van der Waals surface area contributed by atoms with Crippen LogP contribution in [-0.2, 0) is 21.2 Å². The number of piperidine rings is 1. The second-order valence-electron chi connectivity index (χ2n) is 8.10.